The van der Waals surface area contributed by atoms with Crippen LogP contribution >= 0.6 is 0 Å². The summed E-state index contributed by atoms with van der Waals surface area (Å²) >= 11 is 0. The van der Waals surface area contributed by atoms with Gasteiger partial charge >= 0.3 is 0 Å². The summed E-state index contributed by atoms with van der Waals surface area (Å²) in [4.78, 5) is 3.64. The zero-order valence-electron chi connectivity index (χ0n) is 5.02. The Morgan fingerprint density at radius 3 is 3.00 bits per heavy atom. The third-order valence-electron chi connectivity index (χ3n) is 0.912. The van der Waals surface area contributed by atoms with Crippen molar-refractivity contribution in [1.82, 2.24) is 14.8 Å². The van der Waals surface area contributed by atoms with E-state index in [1.807, 2.05) is 0 Å². The van der Waals surface area contributed by atoms with E-state index in [4.69, 9.17) is 5.11 Å². The van der Waals surface area contributed by atoms with Crippen LogP contribution in [-0.4, -0.2) is 19.9 Å². The van der Waals surface area contributed by atoms with Gasteiger partial charge in [0.05, 0.1) is 0 Å². The molecule has 1 heterocycles. The van der Waals surface area contributed by atoms with Gasteiger partial charge in [0.1, 0.15) is 12.7 Å². The number of aliphatic hydroxyl groups excluding tert-OH is 1. The van der Waals surface area contributed by atoms with Crippen LogP contribution in [-0.2, 0) is 0 Å². The van der Waals surface area contributed by atoms with Crippen LogP contribution in [0.3, 0.4) is 0 Å². The molecule has 0 atom stereocenters. The third-order valence-corrected chi connectivity index (χ3v) is 0.912. The zero-order chi connectivity index (χ0) is 6.69. The topological polar surface area (TPSA) is 50.9 Å². The Kier molecular flexibility index (Phi) is 1.48. The van der Waals surface area contributed by atoms with Crippen molar-refractivity contribution in [2.75, 3.05) is 0 Å². The van der Waals surface area contributed by atoms with Gasteiger partial charge in [-0.25, -0.2) is 4.98 Å². The standard InChI is InChI=1S/C5H7N3O/c1-2-5(9)8-4-6-3-7-8/h2-4,9H,1H3. The molecule has 0 fully saturated rings. The molecule has 0 saturated heterocycles. The number of allylic oxidation sites excluding steroid dienone is 1. The molecule has 0 amide bonds. The minimum atomic E-state index is 0.0903. The molecule has 1 aromatic heterocycles. The first-order valence-electron chi connectivity index (χ1n) is 2.55. The highest BCUT2D eigenvalue weighted by molar-refractivity contribution is 5.30. The normalized spacial score (nSPS) is 11.9. The molecule has 0 aliphatic carbocycles. The fourth-order valence-electron chi connectivity index (χ4n) is 0.459. The smallest absolute Gasteiger partial charge is 0.208 e. The summed E-state index contributed by atoms with van der Waals surface area (Å²) in [5.74, 6) is 0.0903. The van der Waals surface area contributed by atoms with Gasteiger partial charge in [-0.05, 0) is 13.0 Å². The third kappa shape index (κ3) is 1.07. The first-order chi connectivity index (χ1) is 4.34. The maximum Gasteiger partial charge on any atom is 0.208 e. The van der Waals surface area contributed by atoms with Crippen molar-refractivity contribution in [3.63, 3.8) is 0 Å². The molecule has 4 heteroatoms. The summed E-state index contributed by atoms with van der Waals surface area (Å²) < 4.78 is 1.28. The van der Waals surface area contributed by atoms with Crippen molar-refractivity contribution in [3.8, 4) is 0 Å². The second kappa shape index (κ2) is 2.30. The van der Waals surface area contributed by atoms with Gasteiger partial charge in [0.25, 0.3) is 0 Å². The Morgan fingerprint density at radius 1 is 1.78 bits per heavy atom. The zero-order valence-corrected chi connectivity index (χ0v) is 5.02. The van der Waals surface area contributed by atoms with Crippen molar-refractivity contribution in [2.24, 2.45) is 0 Å². The highest BCUT2D eigenvalue weighted by Crippen LogP contribution is 1.92. The largest absolute Gasteiger partial charge is 0.493 e. The summed E-state index contributed by atoms with van der Waals surface area (Å²) in [7, 11) is 0. The number of rotatable bonds is 1. The van der Waals surface area contributed by atoms with Gasteiger partial charge in [-0.15, -0.1) is 0 Å². The van der Waals surface area contributed by atoms with Gasteiger partial charge in [0.15, 0.2) is 0 Å². The highest BCUT2D eigenvalue weighted by Gasteiger charge is 1.91. The van der Waals surface area contributed by atoms with E-state index >= 15 is 0 Å². The summed E-state index contributed by atoms with van der Waals surface area (Å²) in [6.45, 7) is 1.72. The first kappa shape index (κ1) is 5.81. The van der Waals surface area contributed by atoms with Crippen LogP contribution < -0.4 is 0 Å². The molecule has 0 bridgehead atoms. The van der Waals surface area contributed by atoms with E-state index in [1.165, 1.54) is 23.4 Å². The van der Waals surface area contributed by atoms with E-state index in [0.29, 0.717) is 0 Å². The Hall–Kier alpha value is -1.32. The fraction of sp³-hybridized carbons (Fsp3) is 0.200. The van der Waals surface area contributed by atoms with E-state index in [1.54, 1.807) is 6.92 Å². The number of hydrogen-bond acceptors (Lipinski definition) is 3. The maximum atomic E-state index is 8.94. The predicted molar refractivity (Wildman–Crippen MR) is 32.6 cm³/mol. The highest BCUT2D eigenvalue weighted by atomic mass is 16.3. The van der Waals surface area contributed by atoms with Crippen LogP contribution in [0.15, 0.2) is 18.7 Å². The van der Waals surface area contributed by atoms with Gasteiger partial charge in [-0.2, -0.15) is 9.78 Å². The van der Waals surface area contributed by atoms with Crippen molar-refractivity contribution in [3.05, 3.63) is 18.7 Å². The Labute approximate surface area is 52.5 Å². The lowest BCUT2D eigenvalue weighted by Gasteiger charge is -1.93. The second-order valence-electron chi connectivity index (χ2n) is 1.49. The van der Waals surface area contributed by atoms with Gasteiger partial charge in [-0.1, -0.05) is 0 Å². The lowest BCUT2D eigenvalue weighted by Crippen LogP contribution is -1.94. The number of hydrogen-bond donors (Lipinski definition) is 1. The Bertz CT molecular complexity index is 202. The molecule has 0 radical (unpaired) electrons. The molecule has 1 N–H and O–H groups in total. The van der Waals surface area contributed by atoms with Gasteiger partial charge in [0.2, 0.25) is 5.88 Å². The molecule has 1 aromatic rings. The van der Waals surface area contributed by atoms with E-state index in [9.17, 15) is 0 Å². The second-order valence-corrected chi connectivity index (χ2v) is 1.49. The van der Waals surface area contributed by atoms with Gasteiger partial charge in [0, 0.05) is 0 Å². The van der Waals surface area contributed by atoms with Crippen LogP contribution in [0.5, 0.6) is 0 Å². The molecule has 0 saturated carbocycles. The molecule has 0 unspecified atom stereocenters. The Morgan fingerprint density at radius 2 is 2.56 bits per heavy atom. The van der Waals surface area contributed by atoms with Crippen LogP contribution in [0, 0.1) is 0 Å². The summed E-state index contributed by atoms with van der Waals surface area (Å²) in [6.07, 6.45) is 4.32. The fourth-order valence-corrected chi connectivity index (χ4v) is 0.459. The van der Waals surface area contributed by atoms with Crippen LogP contribution in [0.25, 0.3) is 5.88 Å². The predicted octanol–water partition coefficient (Wildman–Crippen LogP) is 0.654. The molecule has 9 heavy (non-hydrogen) atoms. The molecule has 0 spiro atoms. The summed E-state index contributed by atoms with van der Waals surface area (Å²) in [6, 6.07) is 0. The average Bonchev–Trinajstić information content (AvgIpc) is 2.37. The minimum absolute atomic E-state index is 0.0903. The van der Waals surface area contributed by atoms with Gasteiger partial charge < -0.3 is 5.11 Å². The lowest BCUT2D eigenvalue weighted by atomic mass is 10.6. The molecule has 48 valence electrons. The van der Waals surface area contributed by atoms with E-state index < -0.39 is 0 Å². The van der Waals surface area contributed by atoms with E-state index in [-0.39, 0.29) is 5.88 Å². The number of aliphatic hydroxyl groups is 1. The molecular weight excluding hydrogens is 118 g/mol. The molecule has 1 rings (SSSR count). The SMILES string of the molecule is CC=C(O)n1cncn1. The molecular formula is C5H7N3O. The minimum Gasteiger partial charge on any atom is -0.493 e. The van der Waals surface area contributed by atoms with E-state index in [0.717, 1.165) is 0 Å². The van der Waals surface area contributed by atoms with Crippen LogP contribution in [0.4, 0.5) is 0 Å². The quantitative estimate of drug-likeness (QED) is 0.561. The first-order valence-corrected chi connectivity index (χ1v) is 2.55. The van der Waals surface area contributed by atoms with Crippen LogP contribution in [0.1, 0.15) is 6.92 Å². The summed E-state index contributed by atoms with van der Waals surface area (Å²) in [5.41, 5.74) is 0. The van der Waals surface area contributed by atoms with Crippen molar-refractivity contribution >= 4 is 5.88 Å². The van der Waals surface area contributed by atoms with Crippen molar-refractivity contribution in [1.29, 1.82) is 0 Å². The molecule has 0 aliphatic heterocycles. The monoisotopic (exact) mass is 125 g/mol. The maximum absolute atomic E-state index is 8.94. The average molecular weight is 125 g/mol. The van der Waals surface area contributed by atoms with Crippen LogP contribution in [0.2, 0.25) is 0 Å². The van der Waals surface area contributed by atoms with E-state index in [2.05, 4.69) is 10.1 Å². The molecule has 0 aromatic carbocycles. The van der Waals surface area contributed by atoms with Crippen molar-refractivity contribution < 1.29 is 5.11 Å². The Balaban J connectivity index is 2.90. The lowest BCUT2D eigenvalue weighted by molar-refractivity contribution is 0.456. The number of aromatic nitrogens is 3. The summed E-state index contributed by atoms with van der Waals surface area (Å²) in [5, 5.41) is 12.6. The van der Waals surface area contributed by atoms with Gasteiger partial charge in [-0.3, -0.25) is 0 Å². The molecule has 4 nitrogen and oxygen atoms in total. The number of nitrogens with zero attached hydrogens (tertiary/aromatic N) is 3. The molecule has 0 aliphatic rings. The van der Waals surface area contributed by atoms with Crippen molar-refractivity contribution in [2.45, 2.75) is 6.92 Å².